The minimum atomic E-state index is -3.11. The zero-order valence-electron chi connectivity index (χ0n) is 12.5. The molecule has 21 heavy (non-hydrogen) atoms. The van der Waals surface area contributed by atoms with E-state index in [1.165, 1.54) is 37.8 Å². The van der Waals surface area contributed by atoms with Crippen LogP contribution in [0.5, 0.6) is 0 Å². The van der Waals surface area contributed by atoms with E-state index in [0.29, 0.717) is 6.54 Å². The highest BCUT2D eigenvalue weighted by molar-refractivity contribution is 7.88. The molecule has 7 heteroatoms. The van der Waals surface area contributed by atoms with E-state index in [0.717, 1.165) is 25.4 Å². The predicted octanol–water partition coefficient (Wildman–Crippen LogP) is 0.979. The summed E-state index contributed by atoms with van der Waals surface area (Å²) in [6.45, 7) is 3.57. The summed E-state index contributed by atoms with van der Waals surface area (Å²) in [5.74, 6) is 0.856. The van der Waals surface area contributed by atoms with Gasteiger partial charge in [0.2, 0.25) is 10.0 Å². The van der Waals surface area contributed by atoms with E-state index in [2.05, 4.69) is 25.5 Å². The van der Waals surface area contributed by atoms with Crippen molar-refractivity contribution in [1.29, 1.82) is 0 Å². The molecule has 0 radical (unpaired) electrons. The molecule has 3 rings (SSSR count). The molecule has 0 saturated heterocycles. The summed E-state index contributed by atoms with van der Waals surface area (Å²) >= 11 is 0. The Morgan fingerprint density at radius 1 is 1.43 bits per heavy atom. The maximum absolute atomic E-state index is 11.2. The maximum Gasteiger partial charge on any atom is 0.208 e. The van der Waals surface area contributed by atoms with E-state index < -0.39 is 10.0 Å². The van der Waals surface area contributed by atoms with Crippen molar-refractivity contribution in [3.63, 3.8) is 0 Å². The largest absolute Gasteiger partial charge is 0.295 e. The molecule has 0 amide bonds. The summed E-state index contributed by atoms with van der Waals surface area (Å²) in [4.78, 5) is 2.51. The first-order valence-electron chi connectivity index (χ1n) is 7.70. The summed E-state index contributed by atoms with van der Waals surface area (Å²) in [6, 6.07) is 2.34. The van der Waals surface area contributed by atoms with Crippen molar-refractivity contribution >= 4 is 10.0 Å². The van der Waals surface area contributed by atoms with Crippen molar-refractivity contribution in [3.8, 4) is 0 Å². The second-order valence-electron chi connectivity index (χ2n) is 6.37. The van der Waals surface area contributed by atoms with Gasteiger partial charge >= 0.3 is 0 Å². The van der Waals surface area contributed by atoms with E-state index in [-0.39, 0.29) is 6.04 Å². The molecule has 118 valence electrons. The summed E-state index contributed by atoms with van der Waals surface area (Å²) in [5, 5.41) is 4.41. The number of hydrogen-bond acceptors (Lipinski definition) is 4. The lowest BCUT2D eigenvalue weighted by Gasteiger charge is -2.38. The van der Waals surface area contributed by atoms with Crippen molar-refractivity contribution in [2.75, 3.05) is 25.9 Å². The molecule has 2 aliphatic rings. The van der Waals surface area contributed by atoms with E-state index >= 15 is 0 Å². The lowest BCUT2D eigenvalue weighted by molar-refractivity contribution is 0.120. The number of nitrogens with one attached hydrogen (secondary N) is 1. The number of aromatic nitrogens is 2. The molecule has 1 N–H and O–H groups in total. The highest BCUT2D eigenvalue weighted by Crippen LogP contribution is 2.30. The Morgan fingerprint density at radius 3 is 2.90 bits per heavy atom. The summed E-state index contributed by atoms with van der Waals surface area (Å²) in [5.41, 5.74) is 1.24. The average molecular weight is 312 g/mol. The maximum atomic E-state index is 11.2. The quantitative estimate of drug-likeness (QED) is 0.850. The van der Waals surface area contributed by atoms with Crippen LogP contribution in [0.1, 0.15) is 37.4 Å². The van der Waals surface area contributed by atoms with Gasteiger partial charge in [0.15, 0.2) is 0 Å². The van der Waals surface area contributed by atoms with Gasteiger partial charge in [0.05, 0.1) is 18.0 Å². The van der Waals surface area contributed by atoms with Gasteiger partial charge in [0.25, 0.3) is 0 Å². The van der Waals surface area contributed by atoms with Gasteiger partial charge in [-0.3, -0.25) is 9.58 Å². The van der Waals surface area contributed by atoms with Crippen LogP contribution >= 0.6 is 0 Å². The second-order valence-corrected chi connectivity index (χ2v) is 8.20. The highest BCUT2D eigenvalue weighted by Gasteiger charge is 2.28. The molecular formula is C14H24N4O2S. The van der Waals surface area contributed by atoms with Gasteiger partial charge in [0, 0.05) is 32.4 Å². The molecule has 0 aromatic carbocycles. The Kier molecular flexibility index (Phi) is 4.33. The topological polar surface area (TPSA) is 67.2 Å². The zero-order chi connectivity index (χ0) is 14.9. The number of rotatable bonds is 6. The normalized spacial score (nSPS) is 23.8. The minimum Gasteiger partial charge on any atom is -0.295 e. The van der Waals surface area contributed by atoms with Gasteiger partial charge in [-0.05, 0) is 31.2 Å². The Hall–Kier alpha value is -0.920. The van der Waals surface area contributed by atoms with E-state index in [1.54, 1.807) is 0 Å². The van der Waals surface area contributed by atoms with Gasteiger partial charge in [-0.2, -0.15) is 5.10 Å². The predicted molar refractivity (Wildman–Crippen MR) is 81.3 cm³/mol. The number of fused-ring (bicyclic) bond motifs is 1. The molecule has 1 aromatic rings. The molecule has 6 nitrogen and oxygen atoms in total. The Morgan fingerprint density at radius 2 is 2.24 bits per heavy atom. The molecule has 1 atom stereocenters. The fourth-order valence-electron chi connectivity index (χ4n) is 3.27. The second kappa shape index (κ2) is 6.06. The van der Waals surface area contributed by atoms with Crippen LogP contribution < -0.4 is 4.72 Å². The van der Waals surface area contributed by atoms with Crippen LogP contribution in [0.3, 0.4) is 0 Å². The van der Waals surface area contributed by atoms with Crippen molar-refractivity contribution < 1.29 is 8.42 Å². The smallest absolute Gasteiger partial charge is 0.208 e. The highest BCUT2D eigenvalue weighted by atomic mass is 32.2. The van der Waals surface area contributed by atoms with Crippen LogP contribution in [0.4, 0.5) is 0 Å². The molecule has 0 bridgehead atoms. The molecule has 1 aliphatic heterocycles. The fourth-order valence-corrected chi connectivity index (χ4v) is 3.76. The zero-order valence-corrected chi connectivity index (χ0v) is 13.3. The van der Waals surface area contributed by atoms with Crippen LogP contribution in [0.25, 0.3) is 0 Å². The Bertz CT molecular complexity index is 580. The first kappa shape index (κ1) is 15.0. The summed E-state index contributed by atoms with van der Waals surface area (Å²) in [6.07, 6.45) is 7.92. The van der Waals surface area contributed by atoms with Crippen LogP contribution in [-0.4, -0.2) is 49.0 Å². The van der Waals surface area contributed by atoms with Crippen molar-refractivity contribution in [2.24, 2.45) is 5.92 Å². The number of nitrogens with zero attached hydrogens (tertiary/aromatic N) is 3. The van der Waals surface area contributed by atoms with E-state index in [1.807, 2.05) is 6.20 Å². The van der Waals surface area contributed by atoms with E-state index in [4.69, 9.17) is 0 Å². The minimum absolute atomic E-state index is 0.262. The molecule has 1 saturated carbocycles. The van der Waals surface area contributed by atoms with Crippen LogP contribution in [0.2, 0.25) is 0 Å². The lowest BCUT2D eigenvalue weighted by Crippen LogP contribution is -2.42. The van der Waals surface area contributed by atoms with Gasteiger partial charge in [0.1, 0.15) is 0 Å². The summed E-state index contributed by atoms with van der Waals surface area (Å²) < 4.78 is 27.0. The van der Waals surface area contributed by atoms with Crippen LogP contribution in [0.15, 0.2) is 12.3 Å². The van der Waals surface area contributed by atoms with Crippen molar-refractivity contribution in [1.82, 2.24) is 19.4 Å². The lowest BCUT2D eigenvalue weighted by atomic mass is 9.85. The monoisotopic (exact) mass is 312 g/mol. The molecule has 2 heterocycles. The molecule has 1 aliphatic carbocycles. The third kappa shape index (κ3) is 3.84. The third-order valence-electron chi connectivity index (χ3n) is 4.54. The molecule has 1 fully saturated rings. The van der Waals surface area contributed by atoms with Gasteiger partial charge < -0.3 is 0 Å². The summed E-state index contributed by atoms with van der Waals surface area (Å²) in [7, 11) is -3.11. The number of sulfonamides is 1. The average Bonchev–Trinajstić information content (AvgIpc) is 2.80. The Labute approximate surface area is 126 Å². The standard InChI is InChI=1S/C14H24N4O2S/c1-21(19,20)16-8-6-14-11-17(9-12-3-2-4-12)10-13-5-7-15-18(13)14/h5,7,12,14,16H,2-4,6,8-11H2,1H3/t14-/m0/s1. The molecule has 1 aromatic heterocycles. The Balaban J connectivity index is 1.61. The van der Waals surface area contributed by atoms with E-state index in [9.17, 15) is 8.42 Å². The SMILES string of the molecule is CS(=O)(=O)NCC[C@H]1CN(CC2CCC2)Cc2ccnn21. The van der Waals surface area contributed by atoms with Crippen LogP contribution in [0, 0.1) is 5.92 Å². The number of hydrogen-bond donors (Lipinski definition) is 1. The van der Waals surface area contributed by atoms with Crippen molar-refractivity contribution in [2.45, 2.75) is 38.3 Å². The molecule has 0 spiro atoms. The van der Waals surface area contributed by atoms with Crippen LogP contribution in [-0.2, 0) is 16.6 Å². The van der Waals surface area contributed by atoms with Gasteiger partial charge in [-0.15, -0.1) is 0 Å². The first-order valence-corrected chi connectivity index (χ1v) is 9.60. The van der Waals surface area contributed by atoms with Gasteiger partial charge in [-0.1, -0.05) is 6.42 Å². The van der Waals surface area contributed by atoms with Crippen molar-refractivity contribution in [3.05, 3.63) is 18.0 Å². The van der Waals surface area contributed by atoms with Gasteiger partial charge in [-0.25, -0.2) is 13.1 Å². The fraction of sp³-hybridized carbons (Fsp3) is 0.786. The molecular weight excluding hydrogens is 288 g/mol. The first-order chi connectivity index (χ1) is 10.0. The molecule has 0 unspecified atom stereocenters. The third-order valence-corrected chi connectivity index (χ3v) is 5.26.